The smallest absolute Gasteiger partial charge is 0.410 e. The molecule has 1 aliphatic heterocycles. The minimum Gasteiger partial charge on any atom is -0.444 e. The van der Waals surface area contributed by atoms with Gasteiger partial charge in [0.15, 0.2) is 0 Å². The monoisotopic (exact) mass is 391 g/mol. The second-order valence-electron chi connectivity index (χ2n) is 6.22. The fourth-order valence-electron chi connectivity index (χ4n) is 2.39. The Labute approximate surface area is 133 Å². The minimum atomic E-state index is -0.428. The molecule has 0 atom stereocenters. The maximum absolute atomic E-state index is 12.0. The van der Waals surface area contributed by atoms with Crippen LogP contribution in [0.3, 0.4) is 0 Å². The van der Waals surface area contributed by atoms with E-state index in [1.807, 2.05) is 27.0 Å². The number of nitrogens with zero attached hydrogens (tertiary/aromatic N) is 3. The number of hydrogen-bond donors (Lipinski definition) is 0. The van der Waals surface area contributed by atoms with E-state index in [4.69, 9.17) is 4.74 Å². The van der Waals surface area contributed by atoms with E-state index in [1.54, 1.807) is 4.90 Å². The van der Waals surface area contributed by atoms with Crippen molar-refractivity contribution in [2.45, 2.75) is 52.2 Å². The fourth-order valence-corrected chi connectivity index (χ4v) is 2.76. The zero-order chi connectivity index (χ0) is 14.9. The van der Waals surface area contributed by atoms with Crippen LogP contribution in [-0.4, -0.2) is 39.5 Å². The molecule has 0 aliphatic carbocycles. The predicted molar refractivity (Wildman–Crippen MR) is 85.8 cm³/mol. The third-order valence-corrected chi connectivity index (χ3v) is 4.51. The molecule has 0 N–H and O–H groups in total. The third kappa shape index (κ3) is 3.65. The molecule has 5 nitrogen and oxygen atoms in total. The Balaban J connectivity index is 1.93. The van der Waals surface area contributed by atoms with E-state index in [0.717, 1.165) is 25.9 Å². The van der Waals surface area contributed by atoms with E-state index in [0.29, 0.717) is 6.04 Å². The Kier molecular flexibility index (Phi) is 4.61. The zero-order valence-corrected chi connectivity index (χ0v) is 14.7. The van der Waals surface area contributed by atoms with Gasteiger partial charge in [-0.15, -0.1) is 0 Å². The normalized spacial score (nSPS) is 17.4. The average Bonchev–Trinajstić information content (AvgIpc) is 2.68. The van der Waals surface area contributed by atoms with Gasteiger partial charge in [-0.2, -0.15) is 5.10 Å². The zero-order valence-electron chi connectivity index (χ0n) is 12.5. The highest BCUT2D eigenvalue weighted by atomic mass is 127. The summed E-state index contributed by atoms with van der Waals surface area (Å²) < 4.78 is 8.69. The number of rotatable bonds is 1. The highest BCUT2D eigenvalue weighted by molar-refractivity contribution is 14.1. The summed E-state index contributed by atoms with van der Waals surface area (Å²) in [7, 11) is 0. The van der Waals surface area contributed by atoms with Gasteiger partial charge in [0.1, 0.15) is 5.60 Å². The lowest BCUT2D eigenvalue weighted by atomic mass is 10.1. The van der Waals surface area contributed by atoms with Crippen LogP contribution in [0, 0.1) is 10.5 Å². The second-order valence-corrected chi connectivity index (χ2v) is 7.38. The van der Waals surface area contributed by atoms with Crippen LogP contribution in [-0.2, 0) is 4.74 Å². The number of halogens is 1. The van der Waals surface area contributed by atoms with Gasteiger partial charge < -0.3 is 9.64 Å². The van der Waals surface area contributed by atoms with Crippen LogP contribution in [0.15, 0.2) is 6.20 Å². The van der Waals surface area contributed by atoms with Crippen LogP contribution in [0.1, 0.15) is 45.3 Å². The molecule has 6 heteroatoms. The molecular formula is C14H22IN3O2. The van der Waals surface area contributed by atoms with Gasteiger partial charge in [-0.3, -0.25) is 4.68 Å². The molecule has 112 valence electrons. The van der Waals surface area contributed by atoms with E-state index in [9.17, 15) is 4.79 Å². The molecule has 1 aromatic rings. The lowest BCUT2D eigenvalue weighted by molar-refractivity contribution is 0.0184. The molecule has 1 amide bonds. The molecule has 0 saturated carbocycles. The van der Waals surface area contributed by atoms with Gasteiger partial charge in [-0.1, -0.05) is 0 Å². The summed E-state index contributed by atoms with van der Waals surface area (Å²) >= 11 is 2.30. The Hall–Kier alpha value is -0.790. The largest absolute Gasteiger partial charge is 0.444 e. The first-order valence-electron chi connectivity index (χ1n) is 6.95. The number of likely N-dealkylation sites (tertiary alicyclic amines) is 1. The Bertz CT molecular complexity index is 485. The predicted octanol–water partition coefficient (Wildman–Crippen LogP) is 3.37. The Morgan fingerprint density at radius 2 is 2.00 bits per heavy atom. The van der Waals surface area contributed by atoms with E-state index in [2.05, 4.69) is 39.3 Å². The van der Waals surface area contributed by atoms with Gasteiger partial charge in [0.25, 0.3) is 0 Å². The first-order valence-corrected chi connectivity index (χ1v) is 8.03. The summed E-state index contributed by atoms with van der Waals surface area (Å²) in [6, 6.07) is 0.386. The Morgan fingerprint density at radius 1 is 1.40 bits per heavy atom. The van der Waals surface area contributed by atoms with Crippen molar-refractivity contribution in [2.75, 3.05) is 13.1 Å². The maximum atomic E-state index is 12.0. The number of piperidine rings is 1. The molecule has 1 aromatic heterocycles. The van der Waals surface area contributed by atoms with Crippen LogP contribution in [0.25, 0.3) is 0 Å². The lowest BCUT2D eigenvalue weighted by Gasteiger charge is -2.33. The second kappa shape index (κ2) is 5.91. The number of carbonyl (C=O) groups excluding carboxylic acids is 1. The summed E-state index contributed by atoms with van der Waals surface area (Å²) in [5, 5.41) is 4.44. The van der Waals surface area contributed by atoms with Crippen molar-refractivity contribution in [1.82, 2.24) is 14.7 Å². The van der Waals surface area contributed by atoms with Crippen molar-refractivity contribution < 1.29 is 9.53 Å². The van der Waals surface area contributed by atoms with Crippen LogP contribution < -0.4 is 0 Å². The SMILES string of the molecule is Cc1c(I)cnn1C1CCN(C(=O)OC(C)(C)C)CC1. The maximum Gasteiger partial charge on any atom is 0.410 e. The van der Waals surface area contributed by atoms with Crippen LogP contribution in [0.2, 0.25) is 0 Å². The van der Waals surface area contributed by atoms with Gasteiger partial charge in [0.2, 0.25) is 0 Å². The van der Waals surface area contributed by atoms with Crippen molar-refractivity contribution in [3.05, 3.63) is 15.5 Å². The standard InChI is InChI=1S/C14H22IN3O2/c1-10-12(15)9-16-18(10)11-5-7-17(8-6-11)13(19)20-14(2,3)4/h9,11H,5-8H2,1-4H3. The summed E-state index contributed by atoms with van der Waals surface area (Å²) in [5.74, 6) is 0. The summed E-state index contributed by atoms with van der Waals surface area (Å²) in [4.78, 5) is 13.8. The number of ether oxygens (including phenoxy) is 1. The highest BCUT2D eigenvalue weighted by Crippen LogP contribution is 2.25. The van der Waals surface area contributed by atoms with E-state index < -0.39 is 5.60 Å². The molecular weight excluding hydrogens is 369 g/mol. The highest BCUT2D eigenvalue weighted by Gasteiger charge is 2.28. The minimum absolute atomic E-state index is 0.206. The first kappa shape index (κ1) is 15.6. The fraction of sp³-hybridized carbons (Fsp3) is 0.714. The van der Waals surface area contributed by atoms with Gasteiger partial charge in [-0.25, -0.2) is 4.79 Å². The molecule has 0 radical (unpaired) electrons. The van der Waals surface area contributed by atoms with Gasteiger partial charge in [0, 0.05) is 18.8 Å². The molecule has 0 bridgehead atoms. The molecule has 1 fully saturated rings. The van der Waals surface area contributed by atoms with Crippen molar-refractivity contribution in [3.63, 3.8) is 0 Å². The number of amides is 1. The molecule has 2 rings (SSSR count). The van der Waals surface area contributed by atoms with Gasteiger partial charge in [0.05, 0.1) is 15.8 Å². The molecule has 20 heavy (non-hydrogen) atoms. The van der Waals surface area contributed by atoms with Crippen LogP contribution in [0.5, 0.6) is 0 Å². The quantitative estimate of drug-likeness (QED) is 0.690. The summed E-state index contributed by atoms with van der Waals surface area (Å²) in [5.41, 5.74) is 0.782. The van der Waals surface area contributed by atoms with Gasteiger partial charge in [-0.05, 0) is 63.1 Å². The van der Waals surface area contributed by atoms with Crippen LogP contribution in [0.4, 0.5) is 4.79 Å². The van der Waals surface area contributed by atoms with E-state index in [1.165, 1.54) is 9.26 Å². The molecule has 2 heterocycles. The first-order chi connectivity index (χ1) is 9.28. The number of carbonyl (C=O) groups is 1. The van der Waals surface area contributed by atoms with Crippen molar-refractivity contribution >= 4 is 28.7 Å². The van der Waals surface area contributed by atoms with E-state index >= 15 is 0 Å². The Morgan fingerprint density at radius 3 is 2.45 bits per heavy atom. The molecule has 1 aliphatic rings. The third-order valence-electron chi connectivity index (χ3n) is 3.45. The molecule has 0 spiro atoms. The van der Waals surface area contributed by atoms with Gasteiger partial charge >= 0.3 is 6.09 Å². The number of aromatic nitrogens is 2. The topological polar surface area (TPSA) is 47.4 Å². The van der Waals surface area contributed by atoms with Crippen molar-refractivity contribution in [1.29, 1.82) is 0 Å². The average molecular weight is 391 g/mol. The van der Waals surface area contributed by atoms with Crippen molar-refractivity contribution in [3.8, 4) is 0 Å². The van der Waals surface area contributed by atoms with Crippen LogP contribution >= 0.6 is 22.6 Å². The summed E-state index contributed by atoms with van der Waals surface area (Å²) in [6.45, 7) is 9.24. The summed E-state index contributed by atoms with van der Waals surface area (Å²) in [6.07, 6.45) is 3.55. The molecule has 0 aromatic carbocycles. The molecule has 0 unspecified atom stereocenters. The number of hydrogen-bond acceptors (Lipinski definition) is 3. The van der Waals surface area contributed by atoms with E-state index in [-0.39, 0.29) is 6.09 Å². The van der Waals surface area contributed by atoms with Crippen molar-refractivity contribution in [2.24, 2.45) is 0 Å². The lowest BCUT2D eigenvalue weighted by Crippen LogP contribution is -2.42. The molecule has 1 saturated heterocycles.